The van der Waals surface area contributed by atoms with Gasteiger partial charge in [-0.2, -0.15) is 0 Å². The highest BCUT2D eigenvalue weighted by molar-refractivity contribution is 6.46. The predicted molar refractivity (Wildman–Crippen MR) is 134 cm³/mol. The van der Waals surface area contributed by atoms with Gasteiger partial charge in [0.15, 0.2) is 0 Å². The predicted octanol–water partition coefficient (Wildman–Crippen LogP) is 3.93. The summed E-state index contributed by atoms with van der Waals surface area (Å²) in [5.74, 6) is -0.702. The number of aryl methyl sites for hydroxylation is 1. The molecule has 1 N–H and O–H groups in total. The fraction of sp³-hybridized carbons (Fsp3) is 0.429. The molecule has 2 heterocycles. The van der Waals surface area contributed by atoms with Crippen LogP contribution >= 0.6 is 0 Å². The molecule has 1 atom stereocenters. The Morgan fingerprint density at radius 2 is 1.83 bits per heavy atom. The van der Waals surface area contributed by atoms with E-state index in [-0.39, 0.29) is 11.3 Å². The Balaban J connectivity index is 1.67. The second kappa shape index (κ2) is 11.5. The average Bonchev–Trinajstić information content (AvgIpc) is 3.13. The zero-order chi connectivity index (χ0) is 24.8. The molecule has 2 aromatic rings. The molecular formula is C28H34N2O5. The van der Waals surface area contributed by atoms with Crippen LogP contribution < -0.4 is 4.74 Å². The normalized spacial score (nSPS) is 20.4. The smallest absolute Gasteiger partial charge is 0.295 e. The highest BCUT2D eigenvalue weighted by atomic mass is 16.5. The molecule has 0 radical (unpaired) electrons. The van der Waals surface area contributed by atoms with Gasteiger partial charge in [-0.25, -0.2) is 0 Å². The monoisotopic (exact) mass is 478 g/mol. The standard InChI is InChI=1S/C28H34N2O5/c1-3-16-35-23-7-4-6-22(19-23)25-24(26(31)21-10-8-20(2)9-11-21)27(32)28(33)30(25)13-5-12-29-14-17-34-18-15-29/h4,6-11,19,25,31H,3,5,12-18H2,1-2H3/t25-/m1/s1. The molecule has 7 heteroatoms. The van der Waals surface area contributed by atoms with E-state index in [0.717, 1.165) is 43.6 Å². The molecule has 2 aliphatic rings. The van der Waals surface area contributed by atoms with Crippen molar-refractivity contribution < 1.29 is 24.2 Å². The van der Waals surface area contributed by atoms with Gasteiger partial charge in [0, 0.05) is 31.7 Å². The third-order valence-corrected chi connectivity index (χ3v) is 6.49. The quantitative estimate of drug-likeness (QED) is 0.334. The number of amides is 1. The number of carbonyl (C=O) groups is 2. The Bertz CT molecular complexity index is 1070. The lowest BCUT2D eigenvalue weighted by atomic mass is 9.95. The summed E-state index contributed by atoms with van der Waals surface area (Å²) < 4.78 is 11.2. The minimum atomic E-state index is -0.675. The number of likely N-dealkylation sites (tertiary alicyclic amines) is 1. The van der Waals surface area contributed by atoms with E-state index in [1.54, 1.807) is 17.0 Å². The van der Waals surface area contributed by atoms with Crippen LogP contribution in [0.5, 0.6) is 5.75 Å². The van der Waals surface area contributed by atoms with Crippen molar-refractivity contribution in [1.29, 1.82) is 0 Å². The van der Waals surface area contributed by atoms with Gasteiger partial charge in [0.25, 0.3) is 11.7 Å². The van der Waals surface area contributed by atoms with E-state index in [0.29, 0.717) is 37.7 Å². The van der Waals surface area contributed by atoms with Crippen LogP contribution in [0.3, 0.4) is 0 Å². The number of hydrogen-bond donors (Lipinski definition) is 1. The maximum Gasteiger partial charge on any atom is 0.295 e. The molecule has 7 nitrogen and oxygen atoms in total. The number of hydrogen-bond acceptors (Lipinski definition) is 6. The summed E-state index contributed by atoms with van der Waals surface area (Å²) in [6, 6.07) is 14.1. The molecule has 0 aliphatic carbocycles. The van der Waals surface area contributed by atoms with Crippen molar-refractivity contribution >= 4 is 17.4 Å². The van der Waals surface area contributed by atoms with Gasteiger partial charge in [-0.15, -0.1) is 0 Å². The summed E-state index contributed by atoms with van der Waals surface area (Å²) in [7, 11) is 0. The van der Waals surface area contributed by atoms with E-state index in [9.17, 15) is 14.7 Å². The maximum absolute atomic E-state index is 13.2. The number of ether oxygens (including phenoxy) is 2. The zero-order valence-electron chi connectivity index (χ0n) is 20.5. The fourth-order valence-corrected chi connectivity index (χ4v) is 4.61. The largest absolute Gasteiger partial charge is 0.507 e. The molecule has 2 aliphatic heterocycles. The minimum Gasteiger partial charge on any atom is -0.507 e. The average molecular weight is 479 g/mol. The van der Waals surface area contributed by atoms with Gasteiger partial charge < -0.3 is 19.5 Å². The highest BCUT2D eigenvalue weighted by Crippen LogP contribution is 2.40. The van der Waals surface area contributed by atoms with E-state index in [1.807, 2.05) is 50.2 Å². The Kier molecular flexibility index (Phi) is 8.21. The van der Waals surface area contributed by atoms with Crippen molar-refractivity contribution in [3.63, 3.8) is 0 Å². The van der Waals surface area contributed by atoms with Crippen LogP contribution in [0.25, 0.3) is 5.76 Å². The number of Topliss-reactive ketones (excluding diaryl/α,β-unsaturated/α-hetero) is 1. The molecular weight excluding hydrogens is 444 g/mol. The van der Waals surface area contributed by atoms with Crippen molar-refractivity contribution in [3.8, 4) is 5.75 Å². The van der Waals surface area contributed by atoms with E-state index < -0.39 is 17.7 Å². The molecule has 2 aromatic carbocycles. The molecule has 0 bridgehead atoms. The number of carbonyl (C=O) groups excluding carboxylic acids is 2. The van der Waals surface area contributed by atoms with Gasteiger partial charge in [-0.05, 0) is 37.5 Å². The zero-order valence-corrected chi connectivity index (χ0v) is 20.5. The van der Waals surface area contributed by atoms with Gasteiger partial charge in [-0.1, -0.05) is 48.9 Å². The Labute approximate surface area is 206 Å². The summed E-state index contributed by atoms with van der Waals surface area (Å²) in [6.45, 7) is 8.96. The highest BCUT2D eigenvalue weighted by Gasteiger charge is 2.46. The first-order valence-corrected chi connectivity index (χ1v) is 12.4. The molecule has 0 spiro atoms. The number of benzene rings is 2. The van der Waals surface area contributed by atoms with Crippen LogP contribution in [-0.4, -0.2) is 72.6 Å². The van der Waals surface area contributed by atoms with Crippen molar-refractivity contribution in [2.24, 2.45) is 0 Å². The molecule has 0 saturated carbocycles. The molecule has 0 unspecified atom stereocenters. The second-order valence-electron chi connectivity index (χ2n) is 9.09. The van der Waals surface area contributed by atoms with Crippen molar-refractivity contribution in [3.05, 3.63) is 70.8 Å². The minimum absolute atomic E-state index is 0.123. The number of aliphatic hydroxyl groups excluding tert-OH is 1. The topological polar surface area (TPSA) is 79.3 Å². The number of rotatable bonds is 9. The van der Waals surface area contributed by atoms with Gasteiger partial charge in [-0.3, -0.25) is 14.5 Å². The van der Waals surface area contributed by atoms with Gasteiger partial charge in [0.2, 0.25) is 0 Å². The number of morpholine rings is 1. The molecule has 35 heavy (non-hydrogen) atoms. The van der Waals surface area contributed by atoms with Crippen LogP contribution in [0.1, 0.15) is 42.5 Å². The lowest BCUT2D eigenvalue weighted by molar-refractivity contribution is -0.140. The molecule has 2 fully saturated rings. The summed E-state index contributed by atoms with van der Waals surface area (Å²) in [5.41, 5.74) is 2.43. The first-order valence-electron chi connectivity index (χ1n) is 12.4. The van der Waals surface area contributed by atoms with E-state index in [2.05, 4.69) is 4.90 Å². The first-order chi connectivity index (χ1) is 17.0. The summed E-state index contributed by atoms with van der Waals surface area (Å²) in [5, 5.41) is 11.2. The number of aliphatic hydroxyl groups is 1. The Morgan fingerprint density at radius 3 is 2.54 bits per heavy atom. The van der Waals surface area contributed by atoms with Crippen LogP contribution in [0.4, 0.5) is 0 Å². The molecule has 1 amide bonds. The third-order valence-electron chi connectivity index (χ3n) is 6.49. The van der Waals surface area contributed by atoms with Crippen LogP contribution in [0, 0.1) is 6.92 Å². The maximum atomic E-state index is 13.2. The Hall–Kier alpha value is -3.16. The van der Waals surface area contributed by atoms with Crippen molar-refractivity contribution in [2.45, 2.75) is 32.7 Å². The van der Waals surface area contributed by atoms with Gasteiger partial charge in [0.05, 0.1) is 31.4 Å². The fourth-order valence-electron chi connectivity index (χ4n) is 4.61. The van der Waals surface area contributed by atoms with Crippen molar-refractivity contribution in [2.75, 3.05) is 46.0 Å². The molecule has 0 aromatic heterocycles. The summed E-state index contributed by atoms with van der Waals surface area (Å²) >= 11 is 0. The van der Waals surface area contributed by atoms with Crippen LogP contribution in [-0.2, 0) is 14.3 Å². The Morgan fingerprint density at radius 1 is 1.09 bits per heavy atom. The van der Waals surface area contributed by atoms with Crippen molar-refractivity contribution in [1.82, 2.24) is 9.80 Å². The molecule has 4 rings (SSSR count). The SMILES string of the molecule is CCCOc1cccc([C@@H]2C(=C(O)c3ccc(C)cc3)C(=O)C(=O)N2CCCN2CCOCC2)c1. The summed E-state index contributed by atoms with van der Waals surface area (Å²) in [4.78, 5) is 30.3. The number of nitrogens with zero attached hydrogens (tertiary/aromatic N) is 2. The lowest BCUT2D eigenvalue weighted by Gasteiger charge is -2.29. The third kappa shape index (κ3) is 5.74. The lowest BCUT2D eigenvalue weighted by Crippen LogP contribution is -2.38. The van der Waals surface area contributed by atoms with E-state index >= 15 is 0 Å². The molecule has 2 saturated heterocycles. The van der Waals surface area contributed by atoms with E-state index in [4.69, 9.17) is 9.47 Å². The first kappa shape index (κ1) is 24.9. The summed E-state index contributed by atoms with van der Waals surface area (Å²) in [6.07, 6.45) is 1.60. The molecule has 186 valence electrons. The van der Waals surface area contributed by atoms with Gasteiger partial charge >= 0.3 is 0 Å². The van der Waals surface area contributed by atoms with Gasteiger partial charge in [0.1, 0.15) is 11.5 Å². The van der Waals surface area contributed by atoms with Crippen LogP contribution in [0.2, 0.25) is 0 Å². The second-order valence-corrected chi connectivity index (χ2v) is 9.09. The number of ketones is 1. The van der Waals surface area contributed by atoms with E-state index in [1.165, 1.54) is 0 Å². The van der Waals surface area contributed by atoms with Crippen LogP contribution in [0.15, 0.2) is 54.1 Å².